The van der Waals surface area contributed by atoms with Crippen LogP contribution in [0.15, 0.2) is 24.3 Å². The third kappa shape index (κ3) is 4.06. The van der Waals surface area contributed by atoms with Crippen molar-refractivity contribution >= 4 is 9.84 Å². The third-order valence-electron chi connectivity index (χ3n) is 4.07. The second-order valence-corrected chi connectivity index (χ2v) is 8.10. The van der Waals surface area contributed by atoms with E-state index >= 15 is 0 Å². The van der Waals surface area contributed by atoms with Crippen LogP contribution in [0.1, 0.15) is 43.2 Å². The molecule has 112 valence electrons. The van der Waals surface area contributed by atoms with Gasteiger partial charge in [-0.05, 0) is 43.4 Å². The summed E-state index contributed by atoms with van der Waals surface area (Å²) in [6.45, 7) is 3.16. The molecule has 4 heteroatoms. The molecule has 2 atom stereocenters. The van der Waals surface area contributed by atoms with Crippen LogP contribution in [0.4, 0.5) is 0 Å². The molecule has 0 aromatic heterocycles. The van der Waals surface area contributed by atoms with Crippen LogP contribution in [0.25, 0.3) is 0 Å². The topological polar surface area (TPSA) is 46.2 Å². The molecule has 2 rings (SSSR count). The van der Waals surface area contributed by atoms with Crippen LogP contribution in [-0.2, 0) is 16.3 Å². The maximum Gasteiger partial charge on any atom is 0.147 e. The molecule has 0 radical (unpaired) electrons. The Balaban J connectivity index is 1.95. The van der Waals surface area contributed by atoms with E-state index < -0.39 is 9.84 Å². The largest absolute Gasteiger partial charge is 0.313 e. The summed E-state index contributed by atoms with van der Waals surface area (Å²) in [5, 5.41) is 3.60. The number of sulfone groups is 1. The average Bonchev–Trinajstić information content (AvgIpc) is 2.35. The minimum atomic E-state index is -2.84. The molecule has 0 bridgehead atoms. The number of fused-ring (bicyclic) bond motifs is 1. The van der Waals surface area contributed by atoms with Gasteiger partial charge in [-0.1, -0.05) is 31.2 Å². The van der Waals surface area contributed by atoms with E-state index in [4.69, 9.17) is 0 Å². The highest BCUT2D eigenvalue weighted by molar-refractivity contribution is 7.90. The summed E-state index contributed by atoms with van der Waals surface area (Å²) >= 11 is 0. The zero-order chi connectivity index (χ0) is 14.6. The summed E-state index contributed by atoms with van der Waals surface area (Å²) in [5.74, 6) is 0.850. The summed E-state index contributed by atoms with van der Waals surface area (Å²) in [7, 11) is -2.84. The Hall–Kier alpha value is -0.870. The van der Waals surface area contributed by atoms with Gasteiger partial charge in [0, 0.05) is 24.0 Å². The lowest BCUT2D eigenvalue weighted by Gasteiger charge is -2.37. The fraction of sp³-hybridized carbons (Fsp3) is 0.625. The van der Waals surface area contributed by atoms with Gasteiger partial charge >= 0.3 is 0 Å². The van der Waals surface area contributed by atoms with Gasteiger partial charge in [0.15, 0.2) is 0 Å². The highest BCUT2D eigenvalue weighted by atomic mass is 32.2. The first-order chi connectivity index (χ1) is 9.51. The molecule has 0 fully saturated rings. The van der Waals surface area contributed by atoms with Crippen molar-refractivity contribution in [1.29, 1.82) is 0 Å². The zero-order valence-corrected chi connectivity index (χ0v) is 13.2. The molecule has 0 saturated heterocycles. The lowest BCUT2D eigenvalue weighted by Crippen LogP contribution is -2.40. The molecule has 0 spiro atoms. The Kier molecular flexibility index (Phi) is 5.22. The summed E-state index contributed by atoms with van der Waals surface area (Å²) in [6.07, 6.45) is 5.23. The Labute approximate surface area is 122 Å². The number of rotatable bonds is 8. The second kappa shape index (κ2) is 6.72. The van der Waals surface area contributed by atoms with E-state index in [1.165, 1.54) is 17.4 Å². The van der Waals surface area contributed by atoms with Gasteiger partial charge in [-0.25, -0.2) is 8.42 Å². The highest BCUT2D eigenvalue weighted by Crippen LogP contribution is 2.38. The van der Waals surface area contributed by atoms with Gasteiger partial charge in [-0.15, -0.1) is 0 Å². The van der Waals surface area contributed by atoms with Gasteiger partial charge in [-0.3, -0.25) is 0 Å². The Morgan fingerprint density at radius 3 is 2.75 bits per heavy atom. The monoisotopic (exact) mass is 295 g/mol. The molecule has 2 unspecified atom stereocenters. The van der Waals surface area contributed by atoms with Crippen molar-refractivity contribution in [2.75, 3.05) is 18.6 Å². The third-order valence-corrected chi connectivity index (χ3v) is 5.10. The Morgan fingerprint density at radius 1 is 1.35 bits per heavy atom. The molecule has 1 aliphatic rings. The zero-order valence-electron chi connectivity index (χ0n) is 12.4. The van der Waals surface area contributed by atoms with Gasteiger partial charge < -0.3 is 5.32 Å². The molecule has 3 nitrogen and oxygen atoms in total. The SMILES string of the molecule is CCCNC(CCCS(C)(=O)=O)C1Cc2ccccc21. The molecular weight excluding hydrogens is 270 g/mol. The van der Waals surface area contributed by atoms with Gasteiger partial charge in [0.25, 0.3) is 0 Å². The first-order valence-electron chi connectivity index (χ1n) is 7.50. The molecule has 1 aromatic carbocycles. The fourth-order valence-corrected chi connectivity index (χ4v) is 3.69. The smallest absolute Gasteiger partial charge is 0.147 e. The van der Waals surface area contributed by atoms with Crippen molar-refractivity contribution in [3.63, 3.8) is 0 Å². The van der Waals surface area contributed by atoms with Gasteiger partial charge in [-0.2, -0.15) is 0 Å². The molecule has 0 aliphatic heterocycles. The number of hydrogen-bond donors (Lipinski definition) is 1. The first kappa shape index (κ1) is 15.5. The summed E-state index contributed by atoms with van der Waals surface area (Å²) in [4.78, 5) is 0. The maximum absolute atomic E-state index is 11.3. The Bertz CT molecular complexity index is 539. The van der Waals surface area contributed by atoms with Crippen molar-refractivity contribution in [3.05, 3.63) is 35.4 Å². The summed E-state index contributed by atoms with van der Waals surface area (Å²) < 4.78 is 22.5. The second-order valence-electron chi connectivity index (χ2n) is 5.84. The van der Waals surface area contributed by atoms with E-state index in [1.807, 2.05) is 0 Å². The van der Waals surface area contributed by atoms with E-state index in [-0.39, 0.29) is 0 Å². The van der Waals surface area contributed by atoms with Crippen LogP contribution >= 0.6 is 0 Å². The standard InChI is InChI=1S/C16H25NO2S/c1-3-10-17-16(9-6-11-20(2,18)19)15-12-13-7-4-5-8-14(13)15/h4-5,7-8,15-17H,3,6,9-12H2,1-2H3. The first-order valence-corrected chi connectivity index (χ1v) is 9.56. The lowest BCUT2D eigenvalue weighted by molar-refractivity contribution is 0.377. The number of nitrogens with one attached hydrogen (secondary N) is 1. The van der Waals surface area contributed by atoms with Crippen LogP contribution in [0.3, 0.4) is 0 Å². The van der Waals surface area contributed by atoms with Crippen molar-refractivity contribution in [2.45, 2.75) is 44.6 Å². The van der Waals surface area contributed by atoms with Gasteiger partial charge in [0.2, 0.25) is 0 Å². The van der Waals surface area contributed by atoms with Crippen molar-refractivity contribution < 1.29 is 8.42 Å². The summed E-state index contributed by atoms with van der Waals surface area (Å²) in [5.41, 5.74) is 2.89. The quantitative estimate of drug-likeness (QED) is 0.801. The van der Waals surface area contributed by atoms with Crippen molar-refractivity contribution in [1.82, 2.24) is 5.32 Å². The molecule has 0 heterocycles. The van der Waals surface area contributed by atoms with Crippen LogP contribution in [-0.4, -0.2) is 33.0 Å². The normalized spacial score (nSPS) is 19.2. The van der Waals surface area contributed by atoms with E-state index in [0.29, 0.717) is 17.7 Å². The number of hydrogen-bond acceptors (Lipinski definition) is 3. The molecule has 1 N–H and O–H groups in total. The number of benzene rings is 1. The lowest BCUT2D eigenvalue weighted by atomic mass is 9.72. The van der Waals surface area contributed by atoms with Crippen molar-refractivity contribution in [2.24, 2.45) is 0 Å². The van der Waals surface area contributed by atoms with E-state index in [9.17, 15) is 8.42 Å². The molecule has 0 saturated carbocycles. The Morgan fingerprint density at radius 2 is 2.10 bits per heavy atom. The predicted octanol–water partition coefficient (Wildman–Crippen LogP) is 2.52. The predicted molar refractivity (Wildman–Crippen MR) is 83.9 cm³/mol. The van der Waals surface area contributed by atoms with E-state index in [2.05, 4.69) is 36.5 Å². The van der Waals surface area contributed by atoms with Crippen molar-refractivity contribution in [3.8, 4) is 0 Å². The van der Waals surface area contributed by atoms with Crippen LogP contribution < -0.4 is 5.32 Å². The summed E-state index contributed by atoms with van der Waals surface area (Å²) in [6, 6.07) is 9.00. The molecule has 0 amide bonds. The van der Waals surface area contributed by atoms with Gasteiger partial charge in [0.1, 0.15) is 9.84 Å². The fourth-order valence-electron chi connectivity index (χ4n) is 3.00. The van der Waals surface area contributed by atoms with E-state index in [0.717, 1.165) is 32.2 Å². The molecule has 1 aromatic rings. The van der Waals surface area contributed by atoms with Crippen LogP contribution in [0, 0.1) is 0 Å². The average molecular weight is 295 g/mol. The maximum atomic E-state index is 11.3. The molecule has 20 heavy (non-hydrogen) atoms. The minimum Gasteiger partial charge on any atom is -0.313 e. The molecular formula is C16H25NO2S. The van der Waals surface area contributed by atoms with Crippen LogP contribution in [0.5, 0.6) is 0 Å². The minimum absolute atomic E-state index is 0.297. The highest BCUT2D eigenvalue weighted by Gasteiger charge is 2.32. The van der Waals surface area contributed by atoms with E-state index in [1.54, 1.807) is 0 Å². The molecule has 1 aliphatic carbocycles. The van der Waals surface area contributed by atoms with Gasteiger partial charge in [0.05, 0.1) is 0 Å². The van der Waals surface area contributed by atoms with Crippen LogP contribution in [0.2, 0.25) is 0 Å².